The first-order valence-electron chi connectivity index (χ1n) is 2.68. The van der Waals surface area contributed by atoms with Crippen LogP contribution < -0.4 is 0 Å². The Hall–Kier alpha value is -0.0105. The fourth-order valence-electron chi connectivity index (χ4n) is 0.482. The molecule has 1 amide bonds. The fourth-order valence-corrected chi connectivity index (χ4v) is 1.02. The molecule has 0 fully saturated rings. The van der Waals surface area contributed by atoms with Crippen molar-refractivity contribution >= 4 is 20.8 Å². The molecule has 0 spiro atoms. The van der Waals surface area contributed by atoms with Gasteiger partial charge in [-0.3, -0.25) is 0 Å². The van der Waals surface area contributed by atoms with E-state index in [1.807, 2.05) is 13.8 Å². The summed E-state index contributed by atoms with van der Waals surface area (Å²) in [7, 11) is 0. The van der Waals surface area contributed by atoms with E-state index in [0.29, 0.717) is 0 Å². The summed E-state index contributed by atoms with van der Waals surface area (Å²) >= 11 is 2.43. The first kappa shape index (κ1) is 7.99. The molecule has 0 rings (SSSR count). The van der Waals surface area contributed by atoms with Crippen LogP contribution >= 0.6 is 0 Å². The first-order valence-corrected chi connectivity index (χ1v) is 3.54. The molecule has 0 heterocycles. The first-order chi connectivity index (χ1) is 3.72. The second-order valence-electron chi connectivity index (χ2n) is 1.44. The normalized spacial score (nSPS) is 8.75. The molecular formula is C5H10NOSe. The maximum atomic E-state index is 10.5. The van der Waals surface area contributed by atoms with Crippen LogP contribution in [0.5, 0.6) is 0 Å². The minimum atomic E-state index is 0.0370. The van der Waals surface area contributed by atoms with Gasteiger partial charge in [-0.2, -0.15) is 0 Å². The molecule has 3 heteroatoms. The molecule has 0 unspecified atom stereocenters. The van der Waals surface area contributed by atoms with E-state index >= 15 is 0 Å². The number of hydrogen-bond donors (Lipinski definition) is 0. The molecule has 0 aromatic rings. The average Bonchev–Trinajstić information content (AvgIpc) is 1.69. The third-order valence-corrected chi connectivity index (χ3v) is 1.56. The van der Waals surface area contributed by atoms with Crippen LogP contribution in [0.25, 0.3) is 0 Å². The van der Waals surface area contributed by atoms with Crippen molar-refractivity contribution in [1.29, 1.82) is 0 Å². The zero-order valence-electron chi connectivity index (χ0n) is 5.18. The van der Waals surface area contributed by atoms with Gasteiger partial charge < -0.3 is 0 Å². The van der Waals surface area contributed by atoms with Crippen molar-refractivity contribution in [3.05, 3.63) is 0 Å². The van der Waals surface area contributed by atoms with Crippen LogP contribution in [0.15, 0.2) is 0 Å². The van der Waals surface area contributed by atoms with Gasteiger partial charge in [-0.05, 0) is 0 Å². The van der Waals surface area contributed by atoms with E-state index in [0.717, 1.165) is 13.1 Å². The average molecular weight is 179 g/mol. The van der Waals surface area contributed by atoms with Crippen molar-refractivity contribution in [3.63, 3.8) is 0 Å². The van der Waals surface area contributed by atoms with E-state index in [1.54, 1.807) is 4.90 Å². The van der Waals surface area contributed by atoms with Crippen molar-refractivity contribution in [2.24, 2.45) is 0 Å². The molecule has 47 valence electrons. The van der Waals surface area contributed by atoms with E-state index in [2.05, 4.69) is 16.0 Å². The minimum absolute atomic E-state index is 0.0370. The van der Waals surface area contributed by atoms with Crippen molar-refractivity contribution in [3.8, 4) is 0 Å². The topological polar surface area (TPSA) is 20.3 Å². The number of rotatable bonds is 2. The molecule has 0 N–H and O–H groups in total. The van der Waals surface area contributed by atoms with E-state index in [-0.39, 0.29) is 4.81 Å². The van der Waals surface area contributed by atoms with Crippen LogP contribution in [-0.4, -0.2) is 38.8 Å². The number of carbonyl (C=O) groups is 1. The molecule has 0 aliphatic carbocycles. The summed E-state index contributed by atoms with van der Waals surface area (Å²) in [4.78, 5) is 12.2. The molecule has 0 atom stereocenters. The molecule has 2 nitrogen and oxygen atoms in total. The third-order valence-electron chi connectivity index (χ3n) is 1.02. The van der Waals surface area contributed by atoms with Crippen LogP contribution in [0, 0.1) is 0 Å². The molecular weight excluding hydrogens is 169 g/mol. The predicted molar refractivity (Wildman–Crippen MR) is 34.1 cm³/mol. The summed E-state index contributed by atoms with van der Waals surface area (Å²) in [6.07, 6.45) is 0. The van der Waals surface area contributed by atoms with Gasteiger partial charge >= 0.3 is 57.4 Å². The van der Waals surface area contributed by atoms with Gasteiger partial charge in [0, 0.05) is 0 Å². The Morgan fingerprint density at radius 2 is 1.88 bits per heavy atom. The summed E-state index contributed by atoms with van der Waals surface area (Å²) in [5, 5.41) is 0. The Balaban J connectivity index is 3.52. The molecule has 0 saturated carbocycles. The van der Waals surface area contributed by atoms with Crippen LogP contribution in [0.4, 0.5) is 4.79 Å². The Labute approximate surface area is 58.1 Å². The summed E-state index contributed by atoms with van der Waals surface area (Å²) in [5.41, 5.74) is 0. The SMILES string of the molecule is CCN(CC)C(=O)[Se]. The van der Waals surface area contributed by atoms with Gasteiger partial charge in [-0.25, -0.2) is 0 Å². The Bertz CT molecular complexity index is 80.5. The molecule has 0 aliphatic rings. The van der Waals surface area contributed by atoms with Gasteiger partial charge in [0.1, 0.15) is 0 Å². The van der Waals surface area contributed by atoms with Gasteiger partial charge in [0.05, 0.1) is 0 Å². The van der Waals surface area contributed by atoms with Gasteiger partial charge in [0.2, 0.25) is 0 Å². The van der Waals surface area contributed by atoms with E-state index in [9.17, 15) is 4.79 Å². The van der Waals surface area contributed by atoms with Gasteiger partial charge in [0.25, 0.3) is 0 Å². The zero-order chi connectivity index (χ0) is 6.57. The Kier molecular flexibility index (Phi) is 3.92. The number of amides is 1. The Morgan fingerprint density at radius 1 is 1.50 bits per heavy atom. The zero-order valence-corrected chi connectivity index (χ0v) is 6.89. The van der Waals surface area contributed by atoms with E-state index < -0.39 is 0 Å². The second-order valence-corrected chi connectivity index (χ2v) is 2.17. The quantitative estimate of drug-likeness (QED) is 0.569. The van der Waals surface area contributed by atoms with Crippen molar-refractivity contribution in [2.45, 2.75) is 13.8 Å². The van der Waals surface area contributed by atoms with Crippen LogP contribution in [-0.2, 0) is 0 Å². The maximum absolute atomic E-state index is 10.5. The number of nitrogens with zero attached hydrogens (tertiary/aromatic N) is 1. The van der Waals surface area contributed by atoms with Crippen molar-refractivity contribution in [1.82, 2.24) is 4.90 Å². The summed E-state index contributed by atoms with van der Waals surface area (Å²) in [6.45, 7) is 5.50. The van der Waals surface area contributed by atoms with E-state index in [4.69, 9.17) is 0 Å². The number of carbonyl (C=O) groups excluding carboxylic acids is 1. The summed E-state index contributed by atoms with van der Waals surface area (Å²) < 4.78 is 0. The monoisotopic (exact) mass is 180 g/mol. The molecule has 0 aromatic carbocycles. The van der Waals surface area contributed by atoms with Gasteiger partial charge in [-0.1, -0.05) is 0 Å². The van der Waals surface area contributed by atoms with Gasteiger partial charge in [0.15, 0.2) is 0 Å². The Morgan fingerprint density at radius 3 is 1.88 bits per heavy atom. The molecule has 0 saturated heterocycles. The molecule has 0 aromatic heterocycles. The fraction of sp³-hybridized carbons (Fsp3) is 0.800. The predicted octanol–water partition coefficient (Wildman–Crippen LogP) is 0.617. The summed E-state index contributed by atoms with van der Waals surface area (Å²) in [6, 6.07) is 0. The van der Waals surface area contributed by atoms with Crippen LogP contribution in [0.3, 0.4) is 0 Å². The van der Waals surface area contributed by atoms with E-state index in [1.165, 1.54) is 0 Å². The summed E-state index contributed by atoms with van der Waals surface area (Å²) in [5.74, 6) is 0. The third kappa shape index (κ3) is 2.34. The molecule has 1 radical (unpaired) electrons. The van der Waals surface area contributed by atoms with Gasteiger partial charge in [-0.15, -0.1) is 0 Å². The molecule has 8 heavy (non-hydrogen) atoms. The second kappa shape index (κ2) is 3.93. The van der Waals surface area contributed by atoms with Crippen molar-refractivity contribution < 1.29 is 4.79 Å². The van der Waals surface area contributed by atoms with Crippen LogP contribution in [0.1, 0.15) is 13.8 Å². The van der Waals surface area contributed by atoms with Crippen molar-refractivity contribution in [2.75, 3.05) is 13.1 Å². The molecule has 0 bridgehead atoms. The number of hydrogen-bond acceptors (Lipinski definition) is 1. The molecule has 0 aliphatic heterocycles. The van der Waals surface area contributed by atoms with Crippen LogP contribution in [0.2, 0.25) is 0 Å². The standard InChI is InChI=1S/C5H10NOSe/c1-3-6(4-2)5(7)8/h3-4H2,1-2H3.